The van der Waals surface area contributed by atoms with Crippen LogP contribution in [0.25, 0.3) is 0 Å². The van der Waals surface area contributed by atoms with Crippen LogP contribution in [0.3, 0.4) is 0 Å². The van der Waals surface area contributed by atoms with E-state index in [1.165, 1.54) is 5.56 Å². The lowest BCUT2D eigenvalue weighted by atomic mass is 9.86. The van der Waals surface area contributed by atoms with E-state index in [-0.39, 0.29) is 0 Å². The zero-order chi connectivity index (χ0) is 11.1. The standard InChI is InChI=1S/C14H14N2/c15-8-9-1-3-10(4-2-9)13-7-11-5-6-12(13)14(11)16/h1-6,11-14H,7,16H2/t11-,12+,13+,14?/m1/s1. The van der Waals surface area contributed by atoms with Crippen molar-refractivity contribution in [2.24, 2.45) is 17.6 Å². The van der Waals surface area contributed by atoms with E-state index in [1.807, 2.05) is 12.1 Å². The van der Waals surface area contributed by atoms with Gasteiger partial charge in [-0.1, -0.05) is 24.3 Å². The summed E-state index contributed by atoms with van der Waals surface area (Å²) in [6, 6.07) is 10.4. The topological polar surface area (TPSA) is 49.8 Å². The Hall–Kier alpha value is -1.59. The van der Waals surface area contributed by atoms with Crippen molar-refractivity contribution in [2.45, 2.75) is 18.4 Å². The Labute approximate surface area is 95.4 Å². The van der Waals surface area contributed by atoms with Gasteiger partial charge in [-0.05, 0) is 41.9 Å². The normalized spacial score (nSPS) is 35.2. The Bertz CT molecular complexity index is 467. The summed E-state index contributed by atoms with van der Waals surface area (Å²) >= 11 is 0. The van der Waals surface area contributed by atoms with Gasteiger partial charge in [-0.25, -0.2) is 0 Å². The van der Waals surface area contributed by atoms with Crippen molar-refractivity contribution in [3.8, 4) is 6.07 Å². The summed E-state index contributed by atoms with van der Waals surface area (Å²) in [5, 5.41) is 8.76. The fourth-order valence-electron chi connectivity index (χ4n) is 3.06. The third-order valence-electron chi connectivity index (χ3n) is 3.98. The summed E-state index contributed by atoms with van der Waals surface area (Å²) in [5.74, 6) is 1.61. The largest absolute Gasteiger partial charge is 0.327 e. The number of nitrogens with zero attached hydrogens (tertiary/aromatic N) is 1. The smallest absolute Gasteiger partial charge is 0.0991 e. The second-order valence-corrected chi connectivity index (χ2v) is 4.78. The van der Waals surface area contributed by atoms with Gasteiger partial charge < -0.3 is 5.73 Å². The second kappa shape index (κ2) is 3.47. The van der Waals surface area contributed by atoms with Crippen LogP contribution in [0.15, 0.2) is 36.4 Å². The van der Waals surface area contributed by atoms with Gasteiger partial charge in [-0.3, -0.25) is 0 Å². The van der Waals surface area contributed by atoms with Crippen molar-refractivity contribution in [3.63, 3.8) is 0 Å². The minimum atomic E-state index is 0.306. The first-order chi connectivity index (χ1) is 7.79. The van der Waals surface area contributed by atoms with Gasteiger partial charge in [0.15, 0.2) is 0 Å². The summed E-state index contributed by atoms with van der Waals surface area (Å²) in [5.41, 5.74) is 8.21. The second-order valence-electron chi connectivity index (χ2n) is 4.78. The van der Waals surface area contributed by atoms with Crippen LogP contribution >= 0.6 is 0 Å². The summed E-state index contributed by atoms with van der Waals surface area (Å²) in [6.07, 6.45) is 5.69. The van der Waals surface area contributed by atoms with Crippen LogP contribution in [0, 0.1) is 23.2 Å². The molecule has 1 aromatic rings. The highest BCUT2D eigenvalue weighted by Gasteiger charge is 2.42. The fraction of sp³-hybridized carbons (Fsp3) is 0.357. The number of nitriles is 1. The number of hydrogen-bond donors (Lipinski definition) is 1. The molecule has 1 saturated carbocycles. The molecule has 2 nitrogen and oxygen atoms in total. The molecule has 0 radical (unpaired) electrons. The summed E-state index contributed by atoms with van der Waals surface area (Å²) in [6.45, 7) is 0. The monoisotopic (exact) mass is 210 g/mol. The first-order valence-corrected chi connectivity index (χ1v) is 5.73. The van der Waals surface area contributed by atoms with Crippen LogP contribution in [0.2, 0.25) is 0 Å². The van der Waals surface area contributed by atoms with Crippen LogP contribution in [-0.4, -0.2) is 6.04 Å². The third kappa shape index (κ3) is 1.29. The number of hydrogen-bond acceptors (Lipinski definition) is 2. The van der Waals surface area contributed by atoms with Crippen LogP contribution in [-0.2, 0) is 0 Å². The van der Waals surface area contributed by atoms with E-state index < -0.39 is 0 Å². The molecule has 0 heterocycles. The van der Waals surface area contributed by atoms with Gasteiger partial charge in [-0.2, -0.15) is 5.26 Å². The molecule has 4 atom stereocenters. The first kappa shape index (κ1) is 9.62. The average molecular weight is 210 g/mol. The summed E-state index contributed by atoms with van der Waals surface area (Å²) in [4.78, 5) is 0. The lowest BCUT2D eigenvalue weighted by molar-refractivity contribution is 0.536. The van der Waals surface area contributed by atoms with Crippen LogP contribution in [0.1, 0.15) is 23.5 Å². The molecule has 0 aliphatic heterocycles. The number of fused-ring (bicyclic) bond motifs is 2. The molecule has 80 valence electrons. The molecule has 2 aliphatic rings. The van der Waals surface area contributed by atoms with E-state index in [9.17, 15) is 0 Å². The molecule has 1 unspecified atom stereocenters. The Balaban J connectivity index is 1.89. The lowest BCUT2D eigenvalue weighted by Crippen LogP contribution is -2.26. The quantitative estimate of drug-likeness (QED) is 0.722. The molecule has 2 bridgehead atoms. The molecule has 0 amide bonds. The van der Waals surface area contributed by atoms with Crippen LogP contribution < -0.4 is 5.73 Å². The Morgan fingerprint density at radius 2 is 1.94 bits per heavy atom. The minimum Gasteiger partial charge on any atom is -0.327 e. The molecule has 2 N–H and O–H groups in total. The maximum atomic E-state index is 8.76. The Morgan fingerprint density at radius 1 is 1.19 bits per heavy atom. The summed E-state index contributed by atoms with van der Waals surface area (Å²) in [7, 11) is 0. The molecule has 16 heavy (non-hydrogen) atoms. The van der Waals surface area contributed by atoms with Gasteiger partial charge >= 0.3 is 0 Å². The van der Waals surface area contributed by atoms with Gasteiger partial charge in [0.1, 0.15) is 0 Å². The van der Waals surface area contributed by atoms with Crippen LogP contribution in [0.4, 0.5) is 0 Å². The fourth-order valence-corrected chi connectivity index (χ4v) is 3.06. The number of nitrogens with two attached hydrogens (primary N) is 1. The molecule has 1 aromatic carbocycles. The van der Waals surface area contributed by atoms with Crippen molar-refractivity contribution in [1.82, 2.24) is 0 Å². The molecular formula is C14H14N2. The zero-order valence-corrected chi connectivity index (χ0v) is 9.01. The van der Waals surface area contributed by atoms with Crippen molar-refractivity contribution in [2.75, 3.05) is 0 Å². The minimum absolute atomic E-state index is 0.306. The predicted molar refractivity (Wildman–Crippen MR) is 62.6 cm³/mol. The van der Waals surface area contributed by atoms with Crippen molar-refractivity contribution in [3.05, 3.63) is 47.5 Å². The average Bonchev–Trinajstić information content (AvgIpc) is 2.85. The first-order valence-electron chi connectivity index (χ1n) is 5.73. The van der Waals surface area contributed by atoms with Crippen molar-refractivity contribution in [1.29, 1.82) is 5.26 Å². The maximum absolute atomic E-state index is 8.76. The van der Waals surface area contributed by atoms with Gasteiger partial charge in [0, 0.05) is 6.04 Å². The molecule has 3 rings (SSSR count). The van der Waals surface area contributed by atoms with E-state index in [0.29, 0.717) is 23.8 Å². The van der Waals surface area contributed by atoms with Gasteiger partial charge in [0.05, 0.1) is 11.6 Å². The maximum Gasteiger partial charge on any atom is 0.0991 e. The van der Waals surface area contributed by atoms with Gasteiger partial charge in [-0.15, -0.1) is 0 Å². The SMILES string of the molecule is N#Cc1ccc([C@@H]2C[C@H]3C=C[C@@H]2C3N)cc1. The molecule has 0 aromatic heterocycles. The predicted octanol–water partition coefficient (Wildman–Crippen LogP) is 2.18. The lowest BCUT2D eigenvalue weighted by Gasteiger charge is -2.19. The van der Waals surface area contributed by atoms with E-state index >= 15 is 0 Å². The highest BCUT2D eigenvalue weighted by Crippen LogP contribution is 2.47. The highest BCUT2D eigenvalue weighted by molar-refractivity contribution is 5.36. The summed E-state index contributed by atoms with van der Waals surface area (Å²) < 4.78 is 0. The van der Waals surface area contributed by atoms with Gasteiger partial charge in [0.2, 0.25) is 0 Å². The Morgan fingerprint density at radius 3 is 2.44 bits per heavy atom. The number of benzene rings is 1. The molecular weight excluding hydrogens is 196 g/mol. The number of rotatable bonds is 1. The van der Waals surface area contributed by atoms with E-state index in [0.717, 1.165) is 12.0 Å². The molecule has 2 aliphatic carbocycles. The third-order valence-corrected chi connectivity index (χ3v) is 3.98. The van der Waals surface area contributed by atoms with Crippen molar-refractivity contribution >= 4 is 0 Å². The zero-order valence-electron chi connectivity index (χ0n) is 9.01. The molecule has 0 saturated heterocycles. The Kier molecular flexibility index (Phi) is 2.08. The van der Waals surface area contributed by atoms with E-state index in [1.54, 1.807) is 0 Å². The van der Waals surface area contributed by atoms with E-state index in [4.69, 9.17) is 11.0 Å². The van der Waals surface area contributed by atoms with Crippen LogP contribution in [0.5, 0.6) is 0 Å². The molecule has 2 heteroatoms. The molecule has 1 fully saturated rings. The van der Waals surface area contributed by atoms with E-state index in [2.05, 4.69) is 30.4 Å². The van der Waals surface area contributed by atoms with Gasteiger partial charge in [0.25, 0.3) is 0 Å². The highest BCUT2D eigenvalue weighted by atomic mass is 14.7. The van der Waals surface area contributed by atoms with Crippen molar-refractivity contribution < 1.29 is 0 Å². The molecule has 0 spiro atoms.